The number of aliphatic hydroxyl groups excluding tert-OH is 1. The van der Waals surface area contributed by atoms with E-state index in [0.29, 0.717) is 47.0 Å². The highest BCUT2D eigenvalue weighted by atomic mass is 35.5. The molecule has 0 radical (unpaired) electrons. The molecule has 0 aromatic heterocycles. The topological polar surface area (TPSA) is 194 Å². The molecular weight excluding hydrogens is 647 g/mol. The first-order valence-corrected chi connectivity index (χ1v) is 16.9. The van der Waals surface area contributed by atoms with Crippen molar-refractivity contribution >= 4 is 41.0 Å². The smallest absolute Gasteiger partial charge is 0.328 e. The number of hydrogen-bond acceptors (Lipinski definition) is 8. The molecule has 0 spiro atoms. The number of aliphatic carboxylic acids is 2. The molecular formula is C34H48ClFN4O8. The predicted molar refractivity (Wildman–Crippen MR) is 177 cm³/mol. The zero-order valence-electron chi connectivity index (χ0n) is 27.6. The van der Waals surface area contributed by atoms with Gasteiger partial charge in [-0.05, 0) is 94.7 Å². The average molecular weight is 695 g/mol. The van der Waals surface area contributed by atoms with Crippen molar-refractivity contribution in [1.82, 2.24) is 10.2 Å². The van der Waals surface area contributed by atoms with Crippen LogP contribution in [0.25, 0.3) is 0 Å². The Morgan fingerprint density at radius 1 is 1.12 bits per heavy atom. The van der Waals surface area contributed by atoms with E-state index in [1.54, 1.807) is 0 Å². The van der Waals surface area contributed by atoms with E-state index in [0.717, 1.165) is 32.1 Å². The third kappa shape index (κ3) is 9.12. The van der Waals surface area contributed by atoms with Crippen LogP contribution in [0.2, 0.25) is 5.02 Å². The molecule has 1 aromatic carbocycles. The van der Waals surface area contributed by atoms with E-state index < -0.39 is 41.0 Å². The summed E-state index contributed by atoms with van der Waals surface area (Å²) in [6.07, 6.45) is 5.60. The molecule has 2 unspecified atom stereocenters. The molecule has 1 aromatic rings. The fraction of sp³-hybridized carbons (Fsp3) is 0.647. The number of carboxylic acid groups (broad SMARTS) is 2. The Kier molecular flexibility index (Phi) is 11.9. The van der Waals surface area contributed by atoms with Crippen LogP contribution in [0.4, 0.5) is 10.1 Å². The molecule has 1 saturated heterocycles. The van der Waals surface area contributed by atoms with Gasteiger partial charge in [-0.1, -0.05) is 18.5 Å². The molecule has 5 fully saturated rings. The third-order valence-electron chi connectivity index (χ3n) is 10.5. The average Bonchev–Trinajstić information content (AvgIpc) is 2.99. The van der Waals surface area contributed by atoms with Crippen molar-refractivity contribution < 1.29 is 44.0 Å². The first kappa shape index (κ1) is 37.7. The van der Waals surface area contributed by atoms with Crippen LogP contribution < -0.4 is 16.0 Å². The number of amides is 2. The molecule has 48 heavy (non-hydrogen) atoms. The van der Waals surface area contributed by atoms with Gasteiger partial charge in [0.2, 0.25) is 11.8 Å². The molecule has 5 aliphatic rings. The van der Waals surface area contributed by atoms with Crippen LogP contribution in [0.1, 0.15) is 65.7 Å². The summed E-state index contributed by atoms with van der Waals surface area (Å²) < 4.78 is 13.9. The zero-order chi connectivity index (χ0) is 35.6. The van der Waals surface area contributed by atoms with Gasteiger partial charge in [0.25, 0.3) is 0 Å². The van der Waals surface area contributed by atoms with Crippen molar-refractivity contribution in [1.29, 1.82) is 0 Å². The van der Waals surface area contributed by atoms with E-state index in [-0.39, 0.29) is 49.8 Å². The van der Waals surface area contributed by atoms with Gasteiger partial charge in [-0.2, -0.15) is 0 Å². The molecule has 4 bridgehead atoms. The third-order valence-corrected chi connectivity index (χ3v) is 10.8. The highest BCUT2D eigenvalue weighted by molar-refractivity contribution is 6.33. The van der Waals surface area contributed by atoms with Crippen molar-refractivity contribution in [3.63, 3.8) is 0 Å². The van der Waals surface area contributed by atoms with Gasteiger partial charge in [0.1, 0.15) is 5.82 Å². The number of carboxylic acids is 2. The van der Waals surface area contributed by atoms with E-state index >= 15 is 0 Å². The summed E-state index contributed by atoms with van der Waals surface area (Å²) in [5, 5.41) is 41.2. The number of hydrogen-bond donors (Lipinski definition) is 6. The lowest BCUT2D eigenvalue weighted by molar-refractivity contribution is -0.148. The number of carbonyl (C=O) groups excluding carboxylic acids is 2. The maximum absolute atomic E-state index is 13.9. The molecule has 1 aliphatic heterocycles. The Morgan fingerprint density at radius 2 is 1.73 bits per heavy atom. The number of piperazine rings is 1. The van der Waals surface area contributed by atoms with Gasteiger partial charge < -0.3 is 36.4 Å². The Balaban J connectivity index is 0.000000579. The summed E-state index contributed by atoms with van der Waals surface area (Å²) >= 11 is 6.27. The van der Waals surface area contributed by atoms with E-state index in [2.05, 4.69) is 5.32 Å². The second-order valence-corrected chi connectivity index (χ2v) is 15.0. The van der Waals surface area contributed by atoms with E-state index in [1.807, 2.05) is 25.7 Å². The lowest BCUT2D eigenvalue weighted by Crippen LogP contribution is -2.64. The minimum Gasteiger partial charge on any atom is -0.478 e. The first-order chi connectivity index (χ1) is 22.4. The van der Waals surface area contributed by atoms with E-state index in [4.69, 9.17) is 27.5 Å². The normalized spacial score (nSPS) is 29.6. The van der Waals surface area contributed by atoms with E-state index in [9.17, 15) is 33.8 Å². The van der Waals surface area contributed by atoms with Crippen LogP contribution in [0.3, 0.4) is 0 Å². The Hall–Kier alpha value is -3.10. The van der Waals surface area contributed by atoms with Crippen LogP contribution in [0, 0.1) is 29.5 Å². The summed E-state index contributed by atoms with van der Waals surface area (Å²) in [5.41, 5.74) is 5.74. The first-order valence-electron chi connectivity index (χ1n) is 16.5. The molecule has 1 heterocycles. The Bertz CT molecular complexity index is 1380. The molecule has 6 rings (SSSR count). The van der Waals surface area contributed by atoms with Gasteiger partial charge in [-0.15, -0.1) is 0 Å². The predicted octanol–water partition coefficient (Wildman–Crippen LogP) is 2.78. The van der Waals surface area contributed by atoms with Crippen LogP contribution in [0.15, 0.2) is 30.4 Å². The van der Waals surface area contributed by atoms with Gasteiger partial charge in [0, 0.05) is 48.8 Å². The van der Waals surface area contributed by atoms with Gasteiger partial charge in [0.05, 0.1) is 29.0 Å². The van der Waals surface area contributed by atoms with E-state index in [1.165, 1.54) is 23.1 Å². The molecule has 4 aliphatic carbocycles. The van der Waals surface area contributed by atoms with Crippen molar-refractivity contribution in [3.8, 4) is 0 Å². The number of aliphatic hydroxyl groups is 2. The monoisotopic (exact) mass is 694 g/mol. The van der Waals surface area contributed by atoms with Crippen LogP contribution in [-0.4, -0.2) is 98.0 Å². The second kappa shape index (κ2) is 15.2. The van der Waals surface area contributed by atoms with Gasteiger partial charge in [-0.25, -0.2) is 14.0 Å². The minimum absolute atomic E-state index is 0.0469. The maximum atomic E-state index is 13.9. The number of carbonyl (C=O) groups is 4. The largest absolute Gasteiger partial charge is 0.478 e. The standard InChI is InChI=1S/C30H44ClFN4O4.C4H4O4/c1-4-18(28(39)34-27-19-7-17-8-20(27)13-30(40,11-17)12-19)9-25(37)23(33)14-35-15-26(38)36(16-29(35,2)3)24-10-21(32)5-6-22(24)31;5-3(6)1-2-4(7)8/h5-6,10,17-20,23,25,27,37,40H,4,7-9,11-16,33H2,1-3H3,(H,34,39);1-2H,(H,5,6)(H,7,8)/b;2-1+/t17?,18-,19?,20?,23+,25+,27?,30?;/m1./s1. The number of nitrogens with two attached hydrogens (primary N) is 1. The summed E-state index contributed by atoms with van der Waals surface area (Å²) in [6.45, 7) is 6.51. The highest BCUT2D eigenvalue weighted by Crippen LogP contribution is 2.55. The van der Waals surface area contributed by atoms with Crippen molar-refractivity contribution in [3.05, 3.63) is 41.2 Å². The summed E-state index contributed by atoms with van der Waals surface area (Å²) in [7, 11) is 0. The summed E-state index contributed by atoms with van der Waals surface area (Å²) in [5.74, 6) is -2.40. The summed E-state index contributed by atoms with van der Waals surface area (Å²) in [6, 6.07) is 3.40. The molecule has 7 N–H and O–H groups in total. The highest BCUT2D eigenvalue weighted by Gasteiger charge is 2.55. The number of nitrogens with zero attached hydrogens (tertiary/aromatic N) is 2. The lowest BCUT2D eigenvalue weighted by Gasteiger charge is -2.58. The van der Waals surface area contributed by atoms with Crippen molar-refractivity contribution in [2.75, 3.05) is 24.5 Å². The van der Waals surface area contributed by atoms with Crippen LogP contribution >= 0.6 is 11.6 Å². The zero-order valence-corrected chi connectivity index (χ0v) is 28.4. The number of rotatable bonds is 11. The van der Waals surface area contributed by atoms with Crippen molar-refractivity contribution in [2.24, 2.45) is 29.4 Å². The molecule has 2 amide bonds. The summed E-state index contributed by atoms with van der Waals surface area (Å²) in [4.78, 5) is 49.0. The van der Waals surface area contributed by atoms with Gasteiger partial charge >= 0.3 is 11.9 Å². The van der Waals surface area contributed by atoms with Gasteiger partial charge in [-0.3, -0.25) is 14.5 Å². The number of nitrogens with one attached hydrogen (secondary N) is 1. The molecule has 4 saturated carbocycles. The second-order valence-electron chi connectivity index (χ2n) is 14.6. The molecule has 5 atom stereocenters. The van der Waals surface area contributed by atoms with Crippen LogP contribution in [0.5, 0.6) is 0 Å². The fourth-order valence-corrected chi connectivity index (χ4v) is 8.42. The van der Waals surface area contributed by atoms with Crippen molar-refractivity contribution in [2.45, 2.75) is 95.0 Å². The molecule has 12 nitrogen and oxygen atoms in total. The Morgan fingerprint density at radius 3 is 2.27 bits per heavy atom. The number of anilines is 1. The minimum atomic E-state index is -1.26. The van der Waals surface area contributed by atoms with Crippen LogP contribution in [-0.2, 0) is 19.2 Å². The maximum Gasteiger partial charge on any atom is 0.328 e. The quantitative estimate of drug-likeness (QED) is 0.188. The SMILES string of the molecule is CC[C@H](C[C@H](O)[C@@H](N)CN1CC(=O)N(c2cc(F)ccc2Cl)CC1(C)C)C(=O)NC1C2CC3CC1CC(O)(C3)C2.O=C(O)/C=C/C(=O)O. The molecule has 266 valence electrons. The number of halogens is 2. The van der Waals surface area contributed by atoms with Gasteiger partial charge in [0.15, 0.2) is 0 Å². The fourth-order valence-electron chi connectivity index (χ4n) is 8.20. The molecule has 14 heteroatoms. The number of benzene rings is 1. The Labute approximate surface area is 285 Å². The lowest BCUT2D eigenvalue weighted by atomic mass is 9.52.